The van der Waals surface area contributed by atoms with Crippen LogP contribution in [0.15, 0.2) is 0 Å². The van der Waals surface area contributed by atoms with Gasteiger partial charge in [0.25, 0.3) is 7.37 Å². The molecule has 0 unspecified atom stereocenters. The van der Waals surface area contributed by atoms with Crippen molar-refractivity contribution in [2.45, 2.75) is 159 Å². The fourth-order valence-corrected chi connectivity index (χ4v) is 9.59. The molecule has 0 amide bonds. The van der Waals surface area contributed by atoms with Crippen molar-refractivity contribution in [2.24, 2.45) is 0 Å². The van der Waals surface area contributed by atoms with Crippen LogP contribution in [0.3, 0.4) is 0 Å². The van der Waals surface area contributed by atoms with E-state index in [1.165, 1.54) is 0 Å². The summed E-state index contributed by atoms with van der Waals surface area (Å²) in [6.45, 7) is 19.1. The Labute approximate surface area is 259 Å². The molecule has 44 heavy (non-hydrogen) atoms. The first-order valence-corrected chi connectivity index (χ1v) is 17.4. The van der Waals surface area contributed by atoms with Gasteiger partial charge in [-0.25, -0.2) is 0 Å². The van der Waals surface area contributed by atoms with E-state index in [0.29, 0.717) is 6.61 Å². The lowest BCUT2D eigenvalue weighted by Gasteiger charge is -2.45. The molecule has 254 valence electrons. The number of rotatable bonds is 9. The molecule has 0 aromatic rings. The van der Waals surface area contributed by atoms with Crippen molar-refractivity contribution in [1.82, 2.24) is 0 Å². The largest absolute Gasteiger partial charge is 0.348 e. The lowest BCUT2D eigenvalue weighted by molar-refractivity contribution is -0.262. The van der Waals surface area contributed by atoms with E-state index < -0.39 is 97.5 Å². The number of hydrogen-bond acceptors (Lipinski definition) is 14. The standard InChI is InChI=1S/C29H49O14P/c1-11-31-25(32-12-2)44(30)24(22-20(40-29(9,10)42-22)18(43-44)16-14-34-27(5,6)38-16)36-23-21-19(39-28(7,8)41-21)17(35-23)15-13-33-26(3,4)37-15/h15-25H,11-14H2,1-10H3/t15-,16+,17-,18+,19+,20-,21+,22-,23+,24+,44+/m0/s1. The summed E-state index contributed by atoms with van der Waals surface area (Å²) in [6, 6.07) is -1.26. The molecule has 0 aromatic carbocycles. The average molecular weight is 653 g/mol. The van der Waals surface area contributed by atoms with Crippen LogP contribution < -0.4 is 0 Å². The first kappa shape index (κ1) is 33.6. The second kappa shape index (κ2) is 11.7. The predicted molar refractivity (Wildman–Crippen MR) is 151 cm³/mol. The molecule has 0 radical (unpaired) electrons. The molecule has 6 saturated heterocycles. The maximum atomic E-state index is 15.4. The van der Waals surface area contributed by atoms with Crippen molar-refractivity contribution in [3.05, 3.63) is 0 Å². The minimum atomic E-state index is -4.07. The Morgan fingerprint density at radius 2 is 1.11 bits per heavy atom. The number of ether oxygens (including phenoxy) is 12. The maximum absolute atomic E-state index is 15.4. The van der Waals surface area contributed by atoms with Crippen LogP contribution in [0.2, 0.25) is 0 Å². The second-order valence-electron chi connectivity index (χ2n) is 13.8. The van der Waals surface area contributed by atoms with E-state index in [1.807, 2.05) is 41.5 Å². The van der Waals surface area contributed by atoms with Gasteiger partial charge in [0.2, 0.25) is 6.03 Å². The third kappa shape index (κ3) is 6.30. The van der Waals surface area contributed by atoms with E-state index >= 15 is 4.57 Å². The van der Waals surface area contributed by atoms with Crippen molar-refractivity contribution >= 4 is 7.37 Å². The average Bonchev–Trinajstić information content (AvgIpc) is 3.69. The van der Waals surface area contributed by atoms with Gasteiger partial charge in [-0.2, -0.15) is 0 Å². The van der Waals surface area contributed by atoms with E-state index in [4.69, 9.17) is 61.4 Å². The van der Waals surface area contributed by atoms with Crippen molar-refractivity contribution in [1.29, 1.82) is 0 Å². The summed E-state index contributed by atoms with van der Waals surface area (Å²) in [5.41, 5.74) is 0. The fourth-order valence-electron chi connectivity index (χ4n) is 6.85. The van der Waals surface area contributed by atoms with Gasteiger partial charge in [0.05, 0.1) is 13.2 Å². The first-order chi connectivity index (χ1) is 20.5. The topological polar surface area (TPSA) is 137 Å². The zero-order chi connectivity index (χ0) is 31.9. The van der Waals surface area contributed by atoms with E-state index in [-0.39, 0.29) is 19.8 Å². The molecule has 15 heteroatoms. The third-order valence-electron chi connectivity index (χ3n) is 8.44. The lowest BCUT2D eigenvalue weighted by Crippen LogP contribution is -2.57. The molecule has 6 aliphatic heterocycles. The summed E-state index contributed by atoms with van der Waals surface area (Å²) in [4.78, 5) is 0. The lowest BCUT2D eigenvalue weighted by atomic mass is 10.0. The van der Waals surface area contributed by atoms with Gasteiger partial charge in [0, 0.05) is 13.2 Å². The van der Waals surface area contributed by atoms with Crippen LogP contribution in [0.4, 0.5) is 0 Å². The minimum absolute atomic E-state index is 0.210. The smallest absolute Gasteiger partial charge is 0.288 e. The minimum Gasteiger partial charge on any atom is -0.348 e. The van der Waals surface area contributed by atoms with Crippen LogP contribution in [0.1, 0.15) is 69.2 Å². The molecule has 6 rings (SSSR count). The molecule has 0 aromatic heterocycles. The van der Waals surface area contributed by atoms with E-state index in [1.54, 1.807) is 27.7 Å². The number of fused-ring (bicyclic) bond motifs is 2. The molecule has 11 atom stereocenters. The summed E-state index contributed by atoms with van der Waals surface area (Å²) in [5.74, 6) is -4.83. The first-order valence-electron chi connectivity index (χ1n) is 15.6. The van der Waals surface area contributed by atoms with Gasteiger partial charge in [0.1, 0.15) is 48.8 Å². The Kier molecular flexibility index (Phi) is 8.93. The van der Waals surface area contributed by atoms with E-state index in [0.717, 1.165) is 0 Å². The Hall–Kier alpha value is -0.290. The molecular weight excluding hydrogens is 603 g/mol. The van der Waals surface area contributed by atoms with Gasteiger partial charge in [0.15, 0.2) is 35.3 Å². The Morgan fingerprint density at radius 3 is 1.61 bits per heavy atom. The van der Waals surface area contributed by atoms with Gasteiger partial charge >= 0.3 is 0 Å². The summed E-state index contributed by atoms with van der Waals surface area (Å²) < 4.78 is 96.4. The SMILES string of the molecule is CCOC(OCC)[P@]1(=O)O[C@H]([C@H]2COC(C)(C)O2)[C@@H]2OC(C)(C)O[C@@H]2[C@@H]1O[C@H]1O[C@@H]([C@@H]2COC(C)(C)O2)[C@H]2OC(C)(C)O[C@@H]12. The zero-order valence-electron chi connectivity index (χ0n) is 27.3. The molecule has 6 aliphatic rings. The normalized spacial score (nSPS) is 46.9. The molecule has 0 saturated carbocycles. The van der Waals surface area contributed by atoms with Crippen LogP contribution in [-0.4, -0.2) is 117 Å². The van der Waals surface area contributed by atoms with Gasteiger partial charge in [-0.3, -0.25) is 4.57 Å². The Balaban J connectivity index is 1.35. The van der Waals surface area contributed by atoms with Crippen LogP contribution in [0.25, 0.3) is 0 Å². The van der Waals surface area contributed by atoms with Gasteiger partial charge in [-0.15, -0.1) is 0 Å². The van der Waals surface area contributed by atoms with Crippen molar-refractivity contribution in [3.8, 4) is 0 Å². The molecule has 0 spiro atoms. The van der Waals surface area contributed by atoms with Crippen molar-refractivity contribution in [2.75, 3.05) is 26.4 Å². The van der Waals surface area contributed by atoms with E-state index in [9.17, 15) is 0 Å². The monoisotopic (exact) mass is 652 g/mol. The quantitative estimate of drug-likeness (QED) is 0.266. The molecule has 0 aliphatic carbocycles. The highest BCUT2D eigenvalue weighted by molar-refractivity contribution is 7.60. The van der Waals surface area contributed by atoms with E-state index in [2.05, 4.69) is 0 Å². The highest BCUT2D eigenvalue weighted by atomic mass is 31.2. The highest BCUT2D eigenvalue weighted by Crippen LogP contribution is 2.66. The zero-order valence-corrected chi connectivity index (χ0v) is 28.2. The van der Waals surface area contributed by atoms with Crippen LogP contribution in [-0.2, 0) is 65.9 Å². The molecule has 6 fully saturated rings. The van der Waals surface area contributed by atoms with Crippen LogP contribution >= 0.6 is 7.37 Å². The summed E-state index contributed by atoms with van der Waals surface area (Å²) in [6.07, 6.45) is -6.29. The molecule has 6 heterocycles. The summed E-state index contributed by atoms with van der Waals surface area (Å²) in [5, 5.41) is 0. The maximum Gasteiger partial charge on any atom is 0.288 e. The molecular formula is C29H49O14P. The molecule has 0 bridgehead atoms. The van der Waals surface area contributed by atoms with Crippen LogP contribution in [0, 0.1) is 0 Å². The van der Waals surface area contributed by atoms with Crippen molar-refractivity contribution in [3.63, 3.8) is 0 Å². The van der Waals surface area contributed by atoms with Gasteiger partial charge in [-0.1, -0.05) is 0 Å². The second-order valence-corrected chi connectivity index (χ2v) is 16.2. The molecule has 14 nitrogen and oxygen atoms in total. The number of hydrogen-bond donors (Lipinski definition) is 0. The summed E-state index contributed by atoms with van der Waals surface area (Å²) >= 11 is 0. The van der Waals surface area contributed by atoms with Gasteiger partial charge in [-0.05, 0) is 69.2 Å². The molecule has 0 N–H and O–H groups in total. The summed E-state index contributed by atoms with van der Waals surface area (Å²) in [7, 11) is -4.07. The predicted octanol–water partition coefficient (Wildman–Crippen LogP) is 3.43. The van der Waals surface area contributed by atoms with Crippen molar-refractivity contribution < 1.29 is 65.9 Å². The van der Waals surface area contributed by atoms with Crippen LogP contribution in [0.5, 0.6) is 0 Å². The Morgan fingerprint density at radius 1 is 0.636 bits per heavy atom. The third-order valence-corrected chi connectivity index (χ3v) is 11.0. The highest BCUT2D eigenvalue weighted by Gasteiger charge is 2.68. The Bertz CT molecular complexity index is 1090. The van der Waals surface area contributed by atoms with Gasteiger partial charge < -0.3 is 61.4 Å². The fraction of sp³-hybridized carbons (Fsp3) is 1.00.